The number of carbonyl (C=O) groups excluding carboxylic acids is 3. The van der Waals surface area contributed by atoms with Crippen molar-refractivity contribution in [2.75, 3.05) is 18.6 Å². The van der Waals surface area contributed by atoms with Crippen LogP contribution in [0.3, 0.4) is 0 Å². The fourth-order valence-corrected chi connectivity index (χ4v) is 3.25. The first-order chi connectivity index (χ1) is 14.5. The first-order valence-corrected chi connectivity index (χ1v) is 12.0. The summed E-state index contributed by atoms with van der Waals surface area (Å²) in [6, 6.07) is -3.60. The highest BCUT2D eigenvalue weighted by Gasteiger charge is 2.29. The Labute approximate surface area is 189 Å². The summed E-state index contributed by atoms with van der Waals surface area (Å²) in [4.78, 5) is 48.9. The van der Waals surface area contributed by atoms with Crippen molar-refractivity contribution in [2.24, 2.45) is 17.4 Å². The molecule has 4 atom stereocenters. The molecule has 180 valence electrons. The minimum atomic E-state index is -1.17. The van der Waals surface area contributed by atoms with Crippen molar-refractivity contribution in [1.29, 1.82) is 0 Å². The number of unbranched alkanes of at least 4 members (excludes halogenated alkanes) is 1. The molecule has 0 radical (unpaired) electrons. The maximum Gasteiger partial charge on any atom is 0.325 e. The van der Waals surface area contributed by atoms with Crippen LogP contribution < -0.4 is 27.4 Å². The Bertz CT molecular complexity index is 590. The summed E-state index contributed by atoms with van der Waals surface area (Å²) in [7, 11) is 0. The molecule has 31 heavy (non-hydrogen) atoms. The predicted molar refractivity (Wildman–Crippen MR) is 122 cm³/mol. The molecule has 8 N–H and O–H groups in total. The Kier molecular flexibility index (Phi) is 14.9. The number of carboxylic acids is 1. The average molecular weight is 462 g/mol. The van der Waals surface area contributed by atoms with Crippen molar-refractivity contribution in [2.45, 2.75) is 77.0 Å². The predicted octanol–water partition coefficient (Wildman–Crippen LogP) is -0.199. The fourth-order valence-electron chi connectivity index (χ4n) is 2.77. The highest BCUT2D eigenvalue weighted by atomic mass is 32.2. The lowest BCUT2D eigenvalue weighted by Crippen LogP contribution is -2.57. The summed E-state index contributed by atoms with van der Waals surface area (Å²) >= 11 is 1.50. The first-order valence-electron chi connectivity index (χ1n) is 10.6. The van der Waals surface area contributed by atoms with Crippen molar-refractivity contribution >= 4 is 35.5 Å². The number of carboxylic acid groups (broad SMARTS) is 1. The van der Waals surface area contributed by atoms with Gasteiger partial charge in [-0.1, -0.05) is 20.3 Å². The van der Waals surface area contributed by atoms with Gasteiger partial charge < -0.3 is 32.5 Å². The van der Waals surface area contributed by atoms with Gasteiger partial charge in [-0.15, -0.1) is 0 Å². The quantitative estimate of drug-likeness (QED) is 0.171. The van der Waals surface area contributed by atoms with Crippen molar-refractivity contribution in [3.8, 4) is 0 Å². The van der Waals surface area contributed by atoms with Gasteiger partial charge in [-0.05, 0) is 57.1 Å². The number of nitrogens with one attached hydrogen (secondary N) is 3. The van der Waals surface area contributed by atoms with E-state index in [-0.39, 0.29) is 5.92 Å². The van der Waals surface area contributed by atoms with Gasteiger partial charge >= 0.3 is 5.97 Å². The molecule has 0 bridgehead atoms. The Hall–Kier alpha value is -1.85. The van der Waals surface area contributed by atoms with Crippen LogP contribution in [0.15, 0.2) is 0 Å². The number of carbonyl (C=O) groups is 4. The van der Waals surface area contributed by atoms with Gasteiger partial charge in [-0.2, -0.15) is 11.8 Å². The number of amides is 3. The lowest BCUT2D eigenvalue weighted by atomic mass is 10.0. The minimum Gasteiger partial charge on any atom is -0.480 e. The van der Waals surface area contributed by atoms with E-state index >= 15 is 0 Å². The van der Waals surface area contributed by atoms with Gasteiger partial charge in [0.05, 0.1) is 6.04 Å². The van der Waals surface area contributed by atoms with Crippen molar-refractivity contribution in [1.82, 2.24) is 16.0 Å². The average Bonchev–Trinajstić information content (AvgIpc) is 2.69. The fraction of sp³-hybridized carbons (Fsp3) is 0.800. The third-order valence-corrected chi connectivity index (χ3v) is 5.26. The first kappa shape index (κ1) is 29.1. The van der Waals surface area contributed by atoms with E-state index in [9.17, 15) is 19.2 Å². The number of nitrogens with two attached hydrogens (primary N) is 2. The molecule has 0 rings (SSSR count). The van der Waals surface area contributed by atoms with Gasteiger partial charge in [0.25, 0.3) is 0 Å². The molecule has 0 heterocycles. The van der Waals surface area contributed by atoms with E-state index in [2.05, 4.69) is 16.0 Å². The molecule has 0 saturated carbocycles. The van der Waals surface area contributed by atoms with Crippen LogP contribution in [0.1, 0.15) is 52.9 Å². The lowest BCUT2D eigenvalue weighted by molar-refractivity contribution is -0.141. The van der Waals surface area contributed by atoms with Gasteiger partial charge in [0.1, 0.15) is 18.1 Å². The van der Waals surface area contributed by atoms with Crippen molar-refractivity contribution in [3.63, 3.8) is 0 Å². The van der Waals surface area contributed by atoms with E-state index < -0.39 is 47.9 Å². The zero-order chi connectivity index (χ0) is 24.0. The summed E-state index contributed by atoms with van der Waals surface area (Å²) in [6.07, 6.45) is 4.50. The number of hydrogen-bond donors (Lipinski definition) is 6. The molecule has 0 saturated heterocycles. The monoisotopic (exact) mass is 461 g/mol. The molecule has 0 fully saturated rings. The van der Waals surface area contributed by atoms with Gasteiger partial charge in [0, 0.05) is 0 Å². The molecule has 0 spiro atoms. The Morgan fingerprint density at radius 1 is 0.903 bits per heavy atom. The summed E-state index contributed by atoms with van der Waals surface area (Å²) in [5, 5.41) is 16.8. The maximum absolute atomic E-state index is 12.9. The minimum absolute atomic E-state index is 0.107. The zero-order valence-electron chi connectivity index (χ0n) is 19.0. The largest absolute Gasteiger partial charge is 0.480 e. The van der Waals surface area contributed by atoms with Crippen LogP contribution in [0.25, 0.3) is 0 Å². The van der Waals surface area contributed by atoms with Crippen LogP contribution in [0.2, 0.25) is 0 Å². The summed E-state index contributed by atoms with van der Waals surface area (Å²) in [6.45, 7) is 5.70. The van der Waals surface area contributed by atoms with Crippen LogP contribution in [0.4, 0.5) is 0 Å². The highest BCUT2D eigenvalue weighted by Crippen LogP contribution is 2.09. The zero-order valence-corrected chi connectivity index (χ0v) is 19.8. The number of aliphatic carboxylic acids is 1. The molecule has 10 nitrogen and oxygen atoms in total. The molecule has 0 aliphatic rings. The number of rotatable bonds is 16. The second-order valence-electron chi connectivity index (χ2n) is 7.99. The van der Waals surface area contributed by atoms with Crippen molar-refractivity contribution < 1.29 is 24.3 Å². The van der Waals surface area contributed by atoms with Crippen LogP contribution in [-0.2, 0) is 19.2 Å². The van der Waals surface area contributed by atoms with Gasteiger partial charge in [-0.25, -0.2) is 0 Å². The lowest BCUT2D eigenvalue weighted by Gasteiger charge is -2.25. The Morgan fingerprint density at radius 2 is 1.48 bits per heavy atom. The standard InChI is InChI=1S/C20H39N5O5S/c1-12(2)11-16(25-17(26)14(22)7-5-6-9-21)19(28)24-15(8-10-31-4)18(27)23-13(3)20(29)30/h12-16H,5-11,21-22H2,1-4H3,(H,23,27)(H,24,28)(H,25,26)(H,29,30). The van der Waals surface area contributed by atoms with Crippen LogP contribution in [0, 0.1) is 5.92 Å². The smallest absolute Gasteiger partial charge is 0.325 e. The number of hydrogen-bond acceptors (Lipinski definition) is 7. The molecule has 0 aromatic rings. The van der Waals surface area contributed by atoms with Crippen LogP contribution in [-0.4, -0.2) is 71.5 Å². The van der Waals surface area contributed by atoms with E-state index in [1.165, 1.54) is 18.7 Å². The molecule has 0 aromatic heterocycles. The molecular weight excluding hydrogens is 422 g/mol. The molecular formula is C20H39N5O5S. The highest BCUT2D eigenvalue weighted by molar-refractivity contribution is 7.98. The molecule has 0 aliphatic heterocycles. The Balaban J connectivity index is 5.21. The van der Waals surface area contributed by atoms with Crippen molar-refractivity contribution in [3.05, 3.63) is 0 Å². The van der Waals surface area contributed by atoms with E-state index in [1.807, 2.05) is 20.1 Å². The summed E-state index contributed by atoms with van der Waals surface area (Å²) in [5.74, 6) is -1.98. The summed E-state index contributed by atoms with van der Waals surface area (Å²) < 4.78 is 0. The van der Waals surface area contributed by atoms with E-state index in [0.29, 0.717) is 38.0 Å². The van der Waals surface area contributed by atoms with E-state index in [4.69, 9.17) is 16.6 Å². The molecule has 4 unspecified atom stereocenters. The molecule has 0 aromatic carbocycles. The van der Waals surface area contributed by atoms with Crippen LogP contribution >= 0.6 is 11.8 Å². The van der Waals surface area contributed by atoms with Gasteiger partial charge in [0.15, 0.2) is 0 Å². The number of thioether (sulfide) groups is 1. The molecule has 0 aliphatic carbocycles. The third kappa shape index (κ3) is 12.6. The topological polar surface area (TPSA) is 177 Å². The molecule has 3 amide bonds. The second-order valence-corrected chi connectivity index (χ2v) is 8.98. The SMILES string of the molecule is CSCCC(NC(=O)C(CC(C)C)NC(=O)C(N)CCCCN)C(=O)NC(C)C(=O)O. The second kappa shape index (κ2) is 15.9. The van der Waals surface area contributed by atoms with E-state index in [0.717, 1.165) is 6.42 Å². The van der Waals surface area contributed by atoms with Gasteiger partial charge in [-0.3, -0.25) is 19.2 Å². The maximum atomic E-state index is 12.9. The third-order valence-electron chi connectivity index (χ3n) is 4.62. The van der Waals surface area contributed by atoms with Crippen LogP contribution in [0.5, 0.6) is 0 Å². The normalized spacial score (nSPS) is 14.9. The van der Waals surface area contributed by atoms with Gasteiger partial charge in [0.2, 0.25) is 17.7 Å². The molecule has 11 heteroatoms. The Morgan fingerprint density at radius 3 is 2.00 bits per heavy atom. The van der Waals surface area contributed by atoms with E-state index in [1.54, 1.807) is 0 Å². The summed E-state index contributed by atoms with van der Waals surface area (Å²) in [5.41, 5.74) is 11.4.